The molecule has 236 valence electrons. The molecule has 0 aliphatic heterocycles. The number of carboxylic acid groups (broad SMARTS) is 1. The highest BCUT2D eigenvalue weighted by atomic mass is 32.2. The number of carboxylic acids is 1. The van der Waals surface area contributed by atoms with Gasteiger partial charge in [-0.3, -0.25) is 19.0 Å². The van der Waals surface area contributed by atoms with E-state index in [9.17, 15) is 29.1 Å². The van der Waals surface area contributed by atoms with Gasteiger partial charge < -0.3 is 25.5 Å². The van der Waals surface area contributed by atoms with Gasteiger partial charge in [-0.05, 0) is 102 Å². The maximum absolute atomic E-state index is 13.0. The van der Waals surface area contributed by atoms with Crippen LogP contribution < -0.4 is 10.8 Å². The first-order valence-electron chi connectivity index (χ1n) is 15.3. The molecule has 4 aliphatic rings. The lowest BCUT2D eigenvalue weighted by Gasteiger charge is -2.34. The average molecular weight is 605 g/mol. The normalized spacial score (nSPS) is 39.1. The Bertz CT molecular complexity index is 865. The zero-order valence-corrected chi connectivity index (χ0v) is 24.6. The summed E-state index contributed by atoms with van der Waals surface area (Å²) in [5.74, 6) is -2.50. The third-order valence-electron chi connectivity index (χ3n) is 9.62. The number of hydrogen-bond donors (Lipinski definition) is 6. The standard InChI is InChI=1S/C28H48N2O10S/c31-21-6-1-17(18(13-21)16-39-36)15-38-30-20-2-8-23(9-3-20)40-41(37)24-10-4-19(5-11-24)29-27(33)25-12-7-22(32)14-26(25)28(34)35/h17-26,30-32,36H,1-16H2,(H,29,33)(H,34,35). The van der Waals surface area contributed by atoms with Crippen LogP contribution in [0.1, 0.15) is 89.9 Å². The third-order valence-corrected chi connectivity index (χ3v) is 11.1. The molecule has 7 atom stereocenters. The van der Waals surface area contributed by atoms with E-state index in [1.54, 1.807) is 0 Å². The Labute approximate surface area is 244 Å². The van der Waals surface area contributed by atoms with Crippen LogP contribution in [0.15, 0.2) is 0 Å². The summed E-state index contributed by atoms with van der Waals surface area (Å²) in [6.45, 7) is 0.689. The summed E-state index contributed by atoms with van der Waals surface area (Å²) in [7, 11) is 0. The van der Waals surface area contributed by atoms with Gasteiger partial charge in [-0.1, -0.05) is 0 Å². The van der Waals surface area contributed by atoms with Crippen LogP contribution in [0.4, 0.5) is 0 Å². The third kappa shape index (κ3) is 9.65. The highest BCUT2D eigenvalue weighted by Crippen LogP contribution is 2.33. The first-order chi connectivity index (χ1) is 19.7. The van der Waals surface area contributed by atoms with Crippen molar-refractivity contribution in [2.45, 2.75) is 126 Å². The van der Waals surface area contributed by atoms with Crippen molar-refractivity contribution >= 4 is 23.0 Å². The van der Waals surface area contributed by atoms with Crippen molar-refractivity contribution in [2.24, 2.45) is 23.7 Å². The number of carbonyl (C=O) groups is 2. The molecule has 0 saturated heterocycles. The predicted octanol–water partition coefficient (Wildman–Crippen LogP) is 2.06. The molecule has 0 aromatic carbocycles. The van der Waals surface area contributed by atoms with Crippen LogP contribution >= 0.6 is 0 Å². The number of hydrogen-bond acceptors (Lipinski definition) is 10. The minimum atomic E-state index is -1.40. The fourth-order valence-corrected chi connectivity index (χ4v) is 8.30. The SMILES string of the molecule is O=C(O)C1CC(O)CCC1C(=O)NC1CCC(S(=O)OC2CCC(NOCC3CCC(O)CC3COO)CC2)CC1. The molecular formula is C28H48N2O10S. The fourth-order valence-electron chi connectivity index (χ4n) is 7.03. The summed E-state index contributed by atoms with van der Waals surface area (Å²) in [4.78, 5) is 34.5. The van der Waals surface area contributed by atoms with Crippen molar-refractivity contribution in [3.8, 4) is 0 Å². The van der Waals surface area contributed by atoms with E-state index in [0.29, 0.717) is 51.6 Å². The van der Waals surface area contributed by atoms with Crippen LogP contribution in [0.25, 0.3) is 0 Å². The molecule has 0 bridgehead atoms. The van der Waals surface area contributed by atoms with E-state index >= 15 is 0 Å². The van der Waals surface area contributed by atoms with Gasteiger partial charge in [-0.2, -0.15) is 5.48 Å². The van der Waals surface area contributed by atoms with E-state index in [2.05, 4.69) is 15.7 Å². The van der Waals surface area contributed by atoms with E-state index in [1.165, 1.54) is 0 Å². The summed E-state index contributed by atoms with van der Waals surface area (Å²) in [5.41, 5.74) is 3.16. The Morgan fingerprint density at radius 1 is 0.756 bits per heavy atom. The number of amides is 1. The number of aliphatic carboxylic acids is 1. The Morgan fingerprint density at radius 2 is 1.41 bits per heavy atom. The molecule has 13 heteroatoms. The van der Waals surface area contributed by atoms with Gasteiger partial charge >= 0.3 is 5.97 Å². The first kappa shape index (κ1) is 32.7. The summed E-state index contributed by atoms with van der Waals surface area (Å²) in [6.07, 6.45) is 7.96. The molecule has 0 radical (unpaired) electrons. The largest absolute Gasteiger partial charge is 0.481 e. The zero-order valence-electron chi connectivity index (χ0n) is 23.7. The lowest BCUT2D eigenvalue weighted by molar-refractivity contribution is -0.258. The smallest absolute Gasteiger partial charge is 0.307 e. The van der Waals surface area contributed by atoms with Crippen LogP contribution in [0.5, 0.6) is 0 Å². The summed E-state index contributed by atoms with van der Waals surface area (Å²) in [6, 6.07) is 0.126. The molecule has 6 N–H and O–H groups in total. The van der Waals surface area contributed by atoms with Gasteiger partial charge in [-0.15, -0.1) is 0 Å². The maximum Gasteiger partial charge on any atom is 0.307 e. The Hall–Kier alpha value is -1.19. The molecule has 4 fully saturated rings. The quantitative estimate of drug-likeness (QED) is 0.142. The number of nitrogens with one attached hydrogen (secondary N) is 2. The first-order valence-corrected chi connectivity index (χ1v) is 16.5. The van der Waals surface area contributed by atoms with E-state index in [-0.39, 0.29) is 60.3 Å². The second-order valence-corrected chi connectivity index (χ2v) is 13.9. The van der Waals surface area contributed by atoms with Crippen LogP contribution in [0, 0.1) is 23.7 Å². The molecule has 4 aliphatic carbocycles. The van der Waals surface area contributed by atoms with Crippen LogP contribution in [-0.2, 0) is 34.6 Å². The fraction of sp³-hybridized carbons (Fsp3) is 0.929. The van der Waals surface area contributed by atoms with Crippen molar-refractivity contribution in [2.75, 3.05) is 13.2 Å². The molecule has 7 unspecified atom stereocenters. The van der Waals surface area contributed by atoms with Gasteiger partial charge in [0.25, 0.3) is 0 Å². The van der Waals surface area contributed by atoms with Crippen LogP contribution in [-0.4, -0.2) is 85.5 Å². The molecule has 4 rings (SSSR count). The van der Waals surface area contributed by atoms with Gasteiger partial charge in [0.05, 0.1) is 48.6 Å². The zero-order chi connectivity index (χ0) is 29.4. The average Bonchev–Trinajstić information content (AvgIpc) is 2.95. The summed E-state index contributed by atoms with van der Waals surface area (Å²) in [5, 5.41) is 40.9. The van der Waals surface area contributed by atoms with E-state index in [1.807, 2.05) is 0 Å². The van der Waals surface area contributed by atoms with Gasteiger partial charge in [0, 0.05) is 12.1 Å². The lowest BCUT2D eigenvalue weighted by Crippen LogP contribution is -2.47. The Balaban J connectivity index is 1.10. The Kier molecular flexibility index (Phi) is 12.8. The topological polar surface area (TPSA) is 184 Å². The highest BCUT2D eigenvalue weighted by molar-refractivity contribution is 7.80. The minimum absolute atomic E-state index is 0.0622. The number of hydroxylamine groups is 1. The molecule has 0 aromatic heterocycles. The molecule has 41 heavy (non-hydrogen) atoms. The molecule has 0 aromatic rings. The molecule has 1 amide bonds. The maximum atomic E-state index is 13.0. The molecule has 0 spiro atoms. The summed E-state index contributed by atoms with van der Waals surface area (Å²) >= 11 is -1.40. The molecule has 4 saturated carbocycles. The summed E-state index contributed by atoms with van der Waals surface area (Å²) < 4.78 is 18.9. The van der Waals surface area contributed by atoms with Crippen molar-refractivity contribution in [3.05, 3.63) is 0 Å². The van der Waals surface area contributed by atoms with Crippen LogP contribution in [0.2, 0.25) is 0 Å². The van der Waals surface area contributed by atoms with E-state index in [4.69, 9.17) is 14.3 Å². The van der Waals surface area contributed by atoms with Gasteiger partial charge in [0.15, 0.2) is 11.1 Å². The number of aliphatic hydroxyl groups is 2. The lowest BCUT2D eigenvalue weighted by atomic mass is 9.77. The molecule has 0 heterocycles. The monoisotopic (exact) mass is 604 g/mol. The van der Waals surface area contributed by atoms with Crippen molar-refractivity contribution in [1.29, 1.82) is 0 Å². The second kappa shape index (κ2) is 16.0. The van der Waals surface area contributed by atoms with Crippen LogP contribution in [0.3, 0.4) is 0 Å². The van der Waals surface area contributed by atoms with E-state index < -0.39 is 35.0 Å². The number of carbonyl (C=O) groups excluding carboxylic acids is 1. The Morgan fingerprint density at radius 3 is 2.10 bits per heavy atom. The van der Waals surface area contributed by atoms with Gasteiger partial charge in [0.2, 0.25) is 5.91 Å². The molecular weight excluding hydrogens is 556 g/mol. The predicted molar refractivity (Wildman–Crippen MR) is 148 cm³/mol. The van der Waals surface area contributed by atoms with E-state index in [0.717, 1.165) is 38.5 Å². The minimum Gasteiger partial charge on any atom is -0.481 e. The highest BCUT2D eigenvalue weighted by Gasteiger charge is 2.40. The second-order valence-electron chi connectivity index (χ2n) is 12.5. The van der Waals surface area contributed by atoms with Gasteiger partial charge in [0.1, 0.15) is 0 Å². The van der Waals surface area contributed by atoms with Crippen molar-refractivity contribution < 1.29 is 48.3 Å². The molecule has 12 nitrogen and oxygen atoms in total. The number of aliphatic hydroxyl groups excluding tert-OH is 2. The van der Waals surface area contributed by atoms with Crippen molar-refractivity contribution in [3.63, 3.8) is 0 Å². The van der Waals surface area contributed by atoms with Crippen molar-refractivity contribution in [1.82, 2.24) is 10.8 Å². The number of rotatable bonds is 12. The van der Waals surface area contributed by atoms with Gasteiger partial charge in [-0.25, -0.2) is 9.10 Å².